The number of carbonyl (C=O) groups excluding carboxylic acids is 2. The van der Waals surface area contributed by atoms with Crippen molar-refractivity contribution in [2.75, 3.05) is 19.7 Å². The summed E-state index contributed by atoms with van der Waals surface area (Å²) in [7, 11) is 0. The third-order valence-electron chi connectivity index (χ3n) is 4.60. The van der Waals surface area contributed by atoms with Crippen LogP contribution in [0.1, 0.15) is 37.7 Å². The highest BCUT2D eigenvalue weighted by Crippen LogP contribution is 2.15. The van der Waals surface area contributed by atoms with Gasteiger partial charge >= 0.3 is 5.97 Å². The Hall–Kier alpha value is -2.74. The second kappa shape index (κ2) is 8.52. The number of esters is 1. The molecule has 2 heterocycles. The molecule has 2 aromatic rings. The van der Waals surface area contributed by atoms with Crippen LogP contribution in [0.4, 0.5) is 0 Å². The SMILES string of the molecule is CCCn1nc(C(=O)OCC(=O)N2C[C@@H](C)O[C@H](C)C2)c2ccccc2c1=O. The number of fused-ring (bicyclic) bond motifs is 1. The van der Waals surface area contributed by atoms with Crippen LogP contribution in [0.25, 0.3) is 10.8 Å². The molecule has 1 aliphatic heterocycles. The van der Waals surface area contributed by atoms with Crippen LogP contribution in [0, 0.1) is 0 Å². The van der Waals surface area contributed by atoms with Crippen LogP contribution < -0.4 is 5.56 Å². The molecule has 0 radical (unpaired) electrons. The standard InChI is InChI=1S/C20H25N3O5/c1-4-9-23-19(25)16-8-6-5-7-15(16)18(21-23)20(26)27-12-17(24)22-10-13(2)28-14(3)11-22/h5-8,13-14H,4,9-12H2,1-3H3/t13-,14-/m1/s1. The number of carbonyl (C=O) groups is 2. The minimum atomic E-state index is -0.719. The van der Waals surface area contributed by atoms with Gasteiger partial charge in [-0.15, -0.1) is 0 Å². The highest BCUT2D eigenvalue weighted by molar-refractivity contribution is 6.02. The molecule has 8 nitrogen and oxygen atoms in total. The van der Waals surface area contributed by atoms with Crippen LogP contribution in [0.15, 0.2) is 29.1 Å². The summed E-state index contributed by atoms with van der Waals surface area (Å²) in [4.78, 5) is 39.2. The zero-order valence-electron chi connectivity index (χ0n) is 16.4. The lowest BCUT2D eigenvalue weighted by atomic mass is 10.1. The number of aryl methyl sites for hydroxylation is 1. The molecule has 1 fully saturated rings. The van der Waals surface area contributed by atoms with E-state index >= 15 is 0 Å². The lowest BCUT2D eigenvalue weighted by Gasteiger charge is -2.35. The minimum absolute atomic E-state index is 0.0418. The number of benzene rings is 1. The van der Waals surface area contributed by atoms with Crippen LogP contribution in [0.2, 0.25) is 0 Å². The third kappa shape index (κ3) is 4.22. The van der Waals surface area contributed by atoms with Gasteiger partial charge in [-0.2, -0.15) is 5.10 Å². The van der Waals surface area contributed by atoms with Crippen LogP contribution in [-0.4, -0.2) is 58.5 Å². The van der Waals surface area contributed by atoms with E-state index in [2.05, 4.69) is 5.10 Å². The molecule has 1 aliphatic rings. The number of hydrogen-bond acceptors (Lipinski definition) is 6. The summed E-state index contributed by atoms with van der Waals surface area (Å²) in [5.74, 6) is -0.995. The molecule has 0 aliphatic carbocycles. The summed E-state index contributed by atoms with van der Waals surface area (Å²) in [6, 6.07) is 6.78. The number of rotatable bonds is 5. The Morgan fingerprint density at radius 2 is 1.82 bits per heavy atom. The molecular weight excluding hydrogens is 362 g/mol. The lowest BCUT2D eigenvalue weighted by molar-refractivity contribution is -0.146. The van der Waals surface area contributed by atoms with Crippen molar-refractivity contribution in [1.29, 1.82) is 0 Å². The molecule has 1 saturated heterocycles. The first-order valence-corrected chi connectivity index (χ1v) is 9.51. The molecule has 3 rings (SSSR count). The molecule has 0 unspecified atom stereocenters. The van der Waals surface area contributed by atoms with Gasteiger partial charge in [-0.1, -0.05) is 25.1 Å². The molecule has 150 valence electrons. The van der Waals surface area contributed by atoms with Crippen LogP contribution >= 0.6 is 0 Å². The van der Waals surface area contributed by atoms with E-state index in [-0.39, 0.29) is 36.0 Å². The van der Waals surface area contributed by atoms with Gasteiger partial charge in [0, 0.05) is 25.0 Å². The number of morpholine rings is 1. The normalized spacial score (nSPS) is 19.6. The largest absolute Gasteiger partial charge is 0.451 e. The summed E-state index contributed by atoms with van der Waals surface area (Å²) in [5, 5.41) is 5.01. The molecule has 1 aromatic heterocycles. The molecule has 1 aromatic carbocycles. The number of amides is 1. The Balaban J connectivity index is 1.79. The van der Waals surface area contributed by atoms with Crippen LogP contribution in [0.5, 0.6) is 0 Å². The van der Waals surface area contributed by atoms with Gasteiger partial charge in [0.2, 0.25) is 0 Å². The predicted octanol–water partition coefficient (Wildman–Crippen LogP) is 1.60. The maximum Gasteiger partial charge on any atom is 0.359 e. The van der Waals surface area contributed by atoms with Gasteiger partial charge < -0.3 is 14.4 Å². The predicted molar refractivity (Wildman–Crippen MR) is 103 cm³/mol. The van der Waals surface area contributed by atoms with Crippen molar-refractivity contribution in [2.24, 2.45) is 0 Å². The third-order valence-corrected chi connectivity index (χ3v) is 4.60. The van der Waals surface area contributed by atoms with Gasteiger partial charge in [0.05, 0.1) is 17.6 Å². The molecule has 8 heteroatoms. The molecule has 0 N–H and O–H groups in total. The monoisotopic (exact) mass is 387 g/mol. The summed E-state index contributed by atoms with van der Waals surface area (Å²) < 4.78 is 12.1. The maximum atomic E-state index is 12.6. The maximum absolute atomic E-state index is 12.6. The van der Waals surface area contributed by atoms with Gasteiger partial charge in [-0.25, -0.2) is 9.48 Å². The van der Waals surface area contributed by atoms with Crippen molar-refractivity contribution in [1.82, 2.24) is 14.7 Å². The molecule has 0 spiro atoms. The summed E-state index contributed by atoms with van der Waals surface area (Å²) >= 11 is 0. The van der Waals surface area contributed by atoms with Crippen molar-refractivity contribution in [3.05, 3.63) is 40.3 Å². The van der Waals surface area contributed by atoms with E-state index in [4.69, 9.17) is 9.47 Å². The van der Waals surface area contributed by atoms with E-state index in [1.807, 2.05) is 20.8 Å². The fourth-order valence-electron chi connectivity index (χ4n) is 3.42. The Labute approximate surface area is 163 Å². The van der Waals surface area contributed by atoms with E-state index < -0.39 is 5.97 Å². The highest BCUT2D eigenvalue weighted by atomic mass is 16.5. The topological polar surface area (TPSA) is 90.7 Å². The van der Waals surface area contributed by atoms with E-state index in [0.29, 0.717) is 36.8 Å². The smallest absolute Gasteiger partial charge is 0.359 e. The Morgan fingerprint density at radius 1 is 1.18 bits per heavy atom. The molecule has 0 saturated carbocycles. The van der Waals surface area contributed by atoms with Crippen molar-refractivity contribution in [3.63, 3.8) is 0 Å². The Morgan fingerprint density at radius 3 is 2.46 bits per heavy atom. The van der Waals surface area contributed by atoms with Crippen molar-refractivity contribution in [3.8, 4) is 0 Å². The van der Waals surface area contributed by atoms with Crippen LogP contribution in [-0.2, 0) is 20.8 Å². The van der Waals surface area contributed by atoms with Gasteiger partial charge in [0.15, 0.2) is 12.3 Å². The zero-order valence-corrected chi connectivity index (χ0v) is 16.4. The summed E-state index contributed by atoms with van der Waals surface area (Å²) in [5.41, 5.74) is -0.207. The van der Waals surface area contributed by atoms with E-state index in [1.165, 1.54) is 4.68 Å². The number of ether oxygens (including phenoxy) is 2. The minimum Gasteiger partial charge on any atom is -0.451 e. The average molecular weight is 387 g/mol. The number of hydrogen-bond donors (Lipinski definition) is 0. The fraction of sp³-hybridized carbons (Fsp3) is 0.500. The van der Waals surface area contributed by atoms with Crippen molar-refractivity contribution < 1.29 is 19.1 Å². The van der Waals surface area contributed by atoms with E-state index in [1.54, 1.807) is 29.2 Å². The van der Waals surface area contributed by atoms with Gasteiger partial charge in [0.25, 0.3) is 11.5 Å². The van der Waals surface area contributed by atoms with Gasteiger partial charge in [-0.05, 0) is 26.3 Å². The average Bonchev–Trinajstić information content (AvgIpc) is 2.67. The first-order valence-electron chi connectivity index (χ1n) is 9.51. The molecule has 28 heavy (non-hydrogen) atoms. The van der Waals surface area contributed by atoms with Crippen molar-refractivity contribution >= 4 is 22.6 Å². The van der Waals surface area contributed by atoms with Gasteiger partial charge in [-0.3, -0.25) is 9.59 Å². The molecule has 0 bridgehead atoms. The molecule has 2 atom stereocenters. The quantitative estimate of drug-likeness (QED) is 0.724. The fourth-order valence-corrected chi connectivity index (χ4v) is 3.42. The second-order valence-corrected chi connectivity index (χ2v) is 7.05. The molecule has 1 amide bonds. The Kier molecular flexibility index (Phi) is 6.08. The second-order valence-electron chi connectivity index (χ2n) is 7.05. The van der Waals surface area contributed by atoms with Gasteiger partial charge in [0.1, 0.15) is 0 Å². The van der Waals surface area contributed by atoms with E-state index in [9.17, 15) is 14.4 Å². The number of aromatic nitrogens is 2. The first-order chi connectivity index (χ1) is 13.4. The Bertz CT molecular complexity index is 929. The van der Waals surface area contributed by atoms with Crippen molar-refractivity contribution in [2.45, 2.75) is 45.9 Å². The van der Waals surface area contributed by atoms with E-state index in [0.717, 1.165) is 0 Å². The van der Waals surface area contributed by atoms with Crippen LogP contribution in [0.3, 0.4) is 0 Å². The lowest BCUT2D eigenvalue weighted by Crippen LogP contribution is -2.49. The first kappa shape index (κ1) is 20.0. The zero-order chi connectivity index (χ0) is 20.3. The summed E-state index contributed by atoms with van der Waals surface area (Å²) in [6.45, 7) is 6.66. The highest BCUT2D eigenvalue weighted by Gasteiger charge is 2.27. The summed E-state index contributed by atoms with van der Waals surface area (Å²) in [6.07, 6.45) is 0.573. The number of nitrogens with zero attached hydrogens (tertiary/aromatic N) is 3. The molecular formula is C20H25N3O5.